The van der Waals surface area contributed by atoms with E-state index < -0.39 is 12.1 Å². The smallest absolute Gasteiger partial charge is 0.337 e. The van der Waals surface area contributed by atoms with E-state index in [-0.39, 0.29) is 10.6 Å². The summed E-state index contributed by atoms with van der Waals surface area (Å²) in [5, 5.41) is 26.7. The quantitative estimate of drug-likeness (QED) is 0.841. The average Bonchev–Trinajstić information content (AvgIpc) is 2.27. The summed E-state index contributed by atoms with van der Waals surface area (Å²) in [6.45, 7) is 0. The molecule has 4 nitrogen and oxygen atoms in total. The minimum absolute atomic E-state index is 0.157. The Bertz CT molecular complexity index is 439. The molecule has 0 saturated heterocycles. The molecule has 0 aliphatic heterocycles. The summed E-state index contributed by atoms with van der Waals surface area (Å²) < 4.78 is 0. The van der Waals surface area contributed by atoms with Crippen LogP contribution in [0.15, 0.2) is 18.2 Å². The summed E-state index contributed by atoms with van der Waals surface area (Å²) in [6, 6.07) is 6.73. The van der Waals surface area contributed by atoms with Gasteiger partial charge < -0.3 is 10.2 Å². The molecule has 84 valence electrons. The lowest BCUT2D eigenvalue weighted by atomic mass is 10.0. The van der Waals surface area contributed by atoms with Gasteiger partial charge in [0.1, 0.15) is 0 Å². The maximum Gasteiger partial charge on any atom is 0.337 e. The first-order chi connectivity index (χ1) is 7.56. The van der Waals surface area contributed by atoms with Gasteiger partial charge in [-0.15, -0.1) is 0 Å². The van der Waals surface area contributed by atoms with Crippen molar-refractivity contribution in [1.82, 2.24) is 0 Å². The van der Waals surface area contributed by atoms with Crippen molar-refractivity contribution in [2.75, 3.05) is 0 Å². The molecule has 0 heterocycles. The molecule has 0 radical (unpaired) electrons. The summed E-state index contributed by atoms with van der Waals surface area (Å²) >= 11 is 5.78. The van der Waals surface area contributed by atoms with Crippen LogP contribution in [0, 0.1) is 11.3 Å². The lowest BCUT2D eigenvalue weighted by molar-refractivity contribution is -0.146. The highest BCUT2D eigenvalue weighted by Gasteiger charge is 2.19. The Morgan fingerprint density at radius 2 is 2.25 bits per heavy atom. The van der Waals surface area contributed by atoms with E-state index in [1.165, 1.54) is 12.1 Å². The molecule has 0 saturated carbocycles. The summed E-state index contributed by atoms with van der Waals surface area (Å²) in [4.78, 5) is 10.6. The van der Waals surface area contributed by atoms with Gasteiger partial charge in [-0.3, -0.25) is 0 Å². The number of hydrogen-bond donors (Lipinski definition) is 2. The number of benzene rings is 1. The standard InChI is InChI=1S/C11H10ClNO3/c12-9-4-3-7(2-1-5-13)6-8(9)10(14)11(15)16/h3-4,6,10,14H,1-2H2,(H,15,16). The number of rotatable bonds is 4. The Kier molecular flexibility index (Phi) is 4.29. The van der Waals surface area contributed by atoms with E-state index in [1.54, 1.807) is 6.07 Å². The van der Waals surface area contributed by atoms with Crippen LogP contribution >= 0.6 is 11.6 Å². The molecule has 1 rings (SSSR count). The molecule has 16 heavy (non-hydrogen) atoms. The van der Waals surface area contributed by atoms with Gasteiger partial charge in [0.15, 0.2) is 6.10 Å². The van der Waals surface area contributed by atoms with E-state index in [2.05, 4.69) is 0 Å². The molecular formula is C11H10ClNO3. The highest BCUT2D eigenvalue weighted by molar-refractivity contribution is 6.31. The van der Waals surface area contributed by atoms with Crippen molar-refractivity contribution >= 4 is 17.6 Å². The Morgan fingerprint density at radius 3 is 2.81 bits per heavy atom. The highest BCUT2D eigenvalue weighted by atomic mass is 35.5. The minimum atomic E-state index is -1.63. The molecule has 0 aliphatic rings. The fourth-order valence-corrected chi connectivity index (χ4v) is 1.51. The minimum Gasteiger partial charge on any atom is -0.479 e. The van der Waals surface area contributed by atoms with Crippen LogP contribution in [-0.2, 0) is 11.2 Å². The van der Waals surface area contributed by atoms with Crippen LogP contribution in [-0.4, -0.2) is 16.2 Å². The molecule has 5 heteroatoms. The SMILES string of the molecule is N#CCCc1ccc(Cl)c(C(O)C(=O)O)c1. The fourth-order valence-electron chi connectivity index (χ4n) is 1.29. The van der Waals surface area contributed by atoms with E-state index in [0.717, 1.165) is 5.56 Å². The molecule has 2 N–H and O–H groups in total. The van der Waals surface area contributed by atoms with Gasteiger partial charge >= 0.3 is 5.97 Å². The van der Waals surface area contributed by atoms with E-state index in [4.69, 9.17) is 22.0 Å². The molecule has 0 spiro atoms. The van der Waals surface area contributed by atoms with E-state index in [0.29, 0.717) is 12.8 Å². The van der Waals surface area contributed by atoms with E-state index in [9.17, 15) is 9.90 Å². The van der Waals surface area contributed by atoms with E-state index in [1.807, 2.05) is 6.07 Å². The average molecular weight is 240 g/mol. The van der Waals surface area contributed by atoms with Crippen LogP contribution in [0.3, 0.4) is 0 Å². The molecule has 1 aromatic carbocycles. The topological polar surface area (TPSA) is 81.3 Å². The van der Waals surface area contributed by atoms with Crippen molar-refractivity contribution in [3.63, 3.8) is 0 Å². The number of nitrogens with zero attached hydrogens (tertiary/aromatic N) is 1. The van der Waals surface area contributed by atoms with E-state index >= 15 is 0 Å². The summed E-state index contributed by atoms with van der Waals surface area (Å²) in [5.41, 5.74) is 0.936. The fraction of sp³-hybridized carbons (Fsp3) is 0.273. The molecule has 1 atom stereocenters. The van der Waals surface area contributed by atoms with Crippen molar-refractivity contribution in [3.05, 3.63) is 34.3 Å². The summed E-state index contributed by atoms with van der Waals surface area (Å²) in [7, 11) is 0. The largest absolute Gasteiger partial charge is 0.479 e. The third kappa shape index (κ3) is 2.96. The third-order valence-electron chi connectivity index (χ3n) is 2.11. The van der Waals surface area contributed by atoms with Gasteiger partial charge in [-0.25, -0.2) is 4.79 Å². The number of hydrogen-bond acceptors (Lipinski definition) is 3. The Balaban J connectivity index is 2.99. The normalized spacial score (nSPS) is 11.8. The predicted molar refractivity (Wildman–Crippen MR) is 58.0 cm³/mol. The number of halogens is 1. The first kappa shape index (κ1) is 12.5. The number of aryl methyl sites for hydroxylation is 1. The van der Waals surface area contributed by atoms with Gasteiger partial charge in [0.25, 0.3) is 0 Å². The van der Waals surface area contributed by atoms with Crippen LogP contribution in [0.4, 0.5) is 0 Å². The monoisotopic (exact) mass is 239 g/mol. The van der Waals surface area contributed by atoms with Crippen LogP contribution in [0.25, 0.3) is 0 Å². The van der Waals surface area contributed by atoms with Crippen molar-refractivity contribution in [1.29, 1.82) is 5.26 Å². The Labute approximate surface area is 97.7 Å². The Morgan fingerprint density at radius 1 is 1.56 bits per heavy atom. The van der Waals surface area contributed by atoms with Gasteiger partial charge in [-0.2, -0.15) is 5.26 Å². The van der Waals surface area contributed by atoms with Crippen molar-refractivity contribution in [2.24, 2.45) is 0 Å². The lowest BCUT2D eigenvalue weighted by Gasteiger charge is -2.09. The van der Waals surface area contributed by atoms with Gasteiger partial charge in [-0.05, 0) is 18.1 Å². The number of aliphatic carboxylic acids is 1. The first-order valence-electron chi connectivity index (χ1n) is 4.62. The first-order valence-corrected chi connectivity index (χ1v) is 5.00. The van der Waals surface area contributed by atoms with Gasteiger partial charge in [0.05, 0.1) is 6.07 Å². The second kappa shape index (κ2) is 5.50. The molecule has 0 aromatic heterocycles. The molecular weight excluding hydrogens is 230 g/mol. The Hall–Kier alpha value is -1.57. The molecule has 0 amide bonds. The third-order valence-corrected chi connectivity index (χ3v) is 2.46. The number of carboxylic acids is 1. The second-order valence-electron chi connectivity index (χ2n) is 3.25. The zero-order valence-corrected chi connectivity index (χ0v) is 9.11. The number of carbonyl (C=O) groups is 1. The molecule has 0 fully saturated rings. The second-order valence-corrected chi connectivity index (χ2v) is 3.66. The predicted octanol–water partition coefficient (Wildman–Crippen LogP) is 1.91. The zero-order chi connectivity index (χ0) is 12.1. The van der Waals surface area contributed by atoms with Crippen molar-refractivity contribution < 1.29 is 15.0 Å². The molecule has 1 unspecified atom stereocenters. The van der Waals surface area contributed by atoms with Crippen LogP contribution < -0.4 is 0 Å². The number of carboxylic acid groups (broad SMARTS) is 1. The zero-order valence-electron chi connectivity index (χ0n) is 8.35. The van der Waals surface area contributed by atoms with Crippen LogP contribution in [0.5, 0.6) is 0 Å². The van der Waals surface area contributed by atoms with Gasteiger partial charge in [0.2, 0.25) is 0 Å². The number of aliphatic hydroxyl groups excluding tert-OH is 1. The molecule has 0 bridgehead atoms. The molecule has 0 aliphatic carbocycles. The van der Waals surface area contributed by atoms with Crippen LogP contribution in [0.1, 0.15) is 23.7 Å². The summed E-state index contributed by atoms with van der Waals surface area (Å²) in [5.74, 6) is -1.35. The maximum atomic E-state index is 10.6. The van der Waals surface area contributed by atoms with Gasteiger partial charge in [-0.1, -0.05) is 23.7 Å². The lowest BCUT2D eigenvalue weighted by Crippen LogP contribution is -2.11. The van der Waals surface area contributed by atoms with Crippen molar-refractivity contribution in [2.45, 2.75) is 18.9 Å². The van der Waals surface area contributed by atoms with Crippen molar-refractivity contribution in [3.8, 4) is 6.07 Å². The highest BCUT2D eigenvalue weighted by Crippen LogP contribution is 2.25. The van der Waals surface area contributed by atoms with Crippen LogP contribution in [0.2, 0.25) is 5.02 Å². The van der Waals surface area contributed by atoms with Gasteiger partial charge in [0, 0.05) is 17.0 Å². The number of aliphatic hydroxyl groups is 1. The summed E-state index contributed by atoms with van der Waals surface area (Å²) in [6.07, 6.45) is -0.786. The maximum absolute atomic E-state index is 10.6. The number of nitriles is 1. The molecule has 1 aromatic rings.